The predicted molar refractivity (Wildman–Crippen MR) is 112 cm³/mol. The van der Waals surface area contributed by atoms with Crippen molar-refractivity contribution in [2.45, 2.75) is 38.5 Å². The second kappa shape index (κ2) is 12.5. The third-order valence-corrected chi connectivity index (χ3v) is 4.37. The Kier molecular flexibility index (Phi) is 9.53. The molecule has 0 atom stereocenters. The second-order valence-corrected chi connectivity index (χ2v) is 6.71. The van der Waals surface area contributed by atoms with Gasteiger partial charge in [-0.05, 0) is 49.2 Å². The van der Waals surface area contributed by atoms with E-state index in [2.05, 4.69) is 20.6 Å². The summed E-state index contributed by atoms with van der Waals surface area (Å²) in [5.74, 6) is 0.595. The highest BCUT2D eigenvalue weighted by molar-refractivity contribution is 6.30. The van der Waals surface area contributed by atoms with Crippen molar-refractivity contribution in [3.63, 3.8) is 0 Å². The summed E-state index contributed by atoms with van der Waals surface area (Å²) < 4.78 is 0. The van der Waals surface area contributed by atoms with Crippen molar-refractivity contribution in [3.05, 3.63) is 59.4 Å². The van der Waals surface area contributed by atoms with Gasteiger partial charge in [-0.3, -0.25) is 20.1 Å². The molecule has 0 saturated heterocycles. The van der Waals surface area contributed by atoms with Crippen molar-refractivity contribution >= 4 is 29.0 Å². The van der Waals surface area contributed by atoms with Crippen LogP contribution in [0.2, 0.25) is 5.02 Å². The number of hydrogen-bond acceptors (Lipinski definition) is 4. The number of hydrogen-bond donors (Lipinski definition) is 2. The molecule has 0 saturated carbocycles. The van der Waals surface area contributed by atoms with E-state index in [1.54, 1.807) is 48.8 Å². The van der Waals surface area contributed by atoms with E-state index in [0.29, 0.717) is 23.9 Å². The number of pyridine rings is 1. The van der Waals surface area contributed by atoms with Gasteiger partial charge in [0.2, 0.25) is 5.96 Å². The van der Waals surface area contributed by atoms with Crippen LogP contribution in [0.15, 0.2) is 53.8 Å². The number of halogens is 1. The number of unbranched alkanes of at least 4 members (excludes halogenated alkanes) is 4. The van der Waals surface area contributed by atoms with Gasteiger partial charge in [-0.25, -0.2) is 0 Å². The average Bonchev–Trinajstić information content (AvgIpc) is 2.71. The van der Waals surface area contributed by atoms with Crippen molar-refractivity contribution in [2.75, 3.05) is 11.9 Å². The summed E-state index contributed by atoms with van der Waals surface area (Å²) in [5, 5.41) is 15.1. The van der Waals surface area contributed by atoms with Crippen molar-refractivity contribution in [3.8, 4) is 6.19 Å². The number of guanidine groups is 1. The smallest absolute Gasteiger partial charge is 0.209 e. The first-order chi connectivity index (χ1) is 13.7. The summed E-state index contributed by atoms with van der Waals surface area (Å²) in [5.41, 5.74) is 1.54. The molecule has 146 valence electrons. The summed E-state index contributed by atoms with van der Waals surface area (Å²) in [6.07, 6.45) is 10.7. The Morgan fingerprint density at radius 1 is 1.04 bits per heavy atom. The van der Waals surface area contributed by atoms with Gasteiger partial charge in [-0.15, -0.1) is 0 Å². The number of nitrogens with zero attached hydrogens (tertiary/aromatic N) is 3. The van der Waals surface area contributed by atoms with Gasteiger partial charge in [0, 0.05) is 41.6 Å². The molecule has 2 aromatic rings. The van der Waals surface area contributed by atoms with Gasteiger partial charge in [0.15, 0.2) is 12.0 Å². The van der Waals surface area contributed by atoms with Crippen LogP contribution in [0.5, 0.6) is 0 Å². The fraction of sp³-hybridized carbons (Fsp3) is 0.333. The largest absolute Gasteiger partial charge is 0.325 e. The zero-order chi connectivity index (χ0) is 20.0. The SMILES string of the molecule is N#CNC(=NCCCCCCCC(=O)c1ccc(Cl)cc1)Nc1ccncc1. The number of anilines is 1. The number of carbonyl (C=O) groups is 1. The van der Waals surface area contributed by atoms with E-state index in [0.717, 1.165) is 43.4 Å². The Hall–Kier alpha value is -2.91. The number of aromatic nitrogens is 1. The summed E-state index contributed by atoms with van der Waals surface area (Å²) in [6, 6.07) is 10.6. The molecule has 7 heteroatoms. The Labute approximate surface area is 170 Å². The lowest BCUT2D eigenvalue weighted by Crippen LogP contribution is -2.27. The highest BCUT2D eigenvalue weighted by Gasteiger charge is 2.05. The maximum Gasteiger partial charge on any atom is 0.209 e. The highest BCUT2D eigenvalue weighted by atomic mass is 35.5. The lowest BCUT2D eigenvalue weighted by Gasteiger charge is -2.07. The lowest BCUT2D eigenvalue weighted by atomic mass is 10.0. The van der Waals surface area contributed by atoms with E-state index in [1.807, 2.05) is 6.19 Å². The first-order valence-corrected chi connectivity index (χ1v) is 9.72. The van der Waals surface area contributed by atoms with Crippen molar-refractivity contribution in [1.29, 1.82) is 5.26 Å². The van der Waals surface area contributed by atoms with Gasteiger partial charge < -0.3 is 5.32 Å². The molecule has 0 fully saturated rings. The lowest BCUT2D eigenvalue weighted by molar-refractivity contribution is 0.0979. The van der Waals surface area contributed by atoms with Crippen LogP contribution in [0, 0.1) is 11.5 Å². The number of carbonyl (C=O) groups excluding carboxylic acids is 1. The van der Waals surface area contributed by atoms with Crippen LogP contribution in [-0.2, 0) is 0 Å². The molecule has 0 radical (unpaired) electrons. The number of rotatable bonds is 10. The summed E-state index contributed by atoms with van der Waals surface area (Å²) >= 11 is 5.83. The molecule has 2 rings (SSSR count). The predicted octanol–water partition coefficient (Wildman–Crippen LogP) is 4.80. The topological polar surface area (TPSA) is 90.2 Å². The normalized spacial score (nSPS) is 10.9. The van der Waals surface area contributed by atoms with Gasteiger partial charge in [0.05, 0.1) is 0 Å². The van der Waals surface area contributed by atoms with Crippen LogP contribution >= 0.6 is 11.6 Å². The molecule has 2 N–H and O–H groups in total. The summed E-state index contributed by atoms with van der Waals surface area (Å²) in [4.78, 5) is 20.4. The molecule has 6 nitrogen and oxygen atoms in total. The number of nitriles is 1. The van der Waals surface area contributed by atoms with E-state index in [-0.39, 0.29) is 5.78 Å². The maximum atomic E-state index is 12.1. The van der Waals surface area contributed by atoms with Crippen molar-refractivity contribution < 1.29 is 4.79 Å². The van der Waals surface area contributed by atoms with Crippen LogP contribution in [-0.4, -0.2) is 23.3 Å². The van der Waals surface area contributed by atoms with Gasteiger partial charge in [0.1, 0.15) is 0 Å². The minimum atomic E-state index is 0.163. The molecule has 1 heterocycles. The number of Topliss-reactive ketones (excluding diaryl/α,β-unsaturated/α-hetero) is 1. The molecule has 0 bridgehead atoms. The molecule has 0 spiro atoms. The van der Waals surface area contributed by atoms with Crippen LogP contribution in [0.25, 0.3) is 0 Å². The molecule has 0 unspecified atom stereocenters. The summed E-state index contributed by atoms with van der Waals surface area (Å²) in [7, 11) is 0. The first-order valence-electron chi connectivity index (χ1n) is 9.34. The van der Waals surface area contributed by atoms with Gasteiger partial charge in [-0.1, -0.05) is 30.9 Å². The molecular formula is C21H24ClN5O. The molecule has 28 heavy (non-hydrogen) atoms. The first kappa shape index (κ1) is 21.4. The fourth-order valence-corrected chi connectivity index (χ4v) is 2.76. The standard InChI is InChI=1S/C21H24ClN5O/c22-18-9-7-17(8-10-18)20(28)6-4-2-1-3-5-13-25-21(26-16-23)27-19-11-14-24-15-12-19/h7-12,14-15H,1-6,13H2,(H2,24,25,26,27). The van der Waals surface area contributed by atoms with Crippen LogP contribution in [0.1, 0.15) is 48.9 Å². The molecule has 1 aromatic heterocycles. The number of ketones is 1. The third kappa shape index (κ3) is 8.19. The van der Waals surface area contributed by atoms with Crippen molar-refractivity contribution in [2.24, 2.45) is 4.99 Å². The van der Waals surface area contributed by atoms with E-state index in [1.165, 1.54) is 0 Å². The summed E-state index contributed by atoms with van der Waals surface area (Å²) in [6.45, 7) is 0.631. The fourth-order valence-electron chi connectivity index (χ4n) is 2.63. The van der Waals surface area contributed by atoms with Crippen molar-refractivity contribution in [1.82, 2.24) is 10.3 Å². The maximum absolute atomic E-state index is 12.1. The minimum absolute atomic E-state index is 0.163. The zero-order valence-electron chi connectivity index (χ0n) is 15.7. The van der Waals surface area contributed by atoms with Crippen LogP contribution in [0.4, 0.5) is 5.69 Å². The number of nitrogens with one attached hydrogen (secondary N) is 2. The Balaban J connectivity index is 1.59. The van der Waals surface area contributed by atoms with Crippen LogP contribution in [0.3, 0.4) is 0 Å². The number of aliphatic imine (C=N–C) groups is 1. The van der Waals surface area contributed by atoms with E-state index in [9.17, 15) is 4.79 Å². The zero-order valence-corrected chi connectivity index (χ0v) is 16.5. The van der Waals surface area contributed by atoms with Gasteiger partial charge >= 0.3 is 0 Å². The second-order valence-electron chi connectivity index (χ2n) is 6.28. The molecule has 0 aliphatic heterocycles. The van der Waals surface area contributed by atoms with Gasteiger partial charge in [-0.2, -0.15) is 5.26 Å². The van der Waals surface area contributed by atoms with E-state index < -0.39 is 0 Å². The Morgan fingerprint density at radius 2 is 1.71 bits per heavy atom. The highest BCUT2D eigenvalue weighted by Crippen LogP contribution is 2.13. The molecule has 0 amide bonds. The quantitative estimate of drug-likeness (QED) is 0.150. The average molecular weight is 398 g/mol. The molecule has 0 aliphatic carbocycles. The van der Waals surface area contributed by atoms with Crippen LogP contribution < -0.4 is 10.6 Å². The minimum Gasteiger partial charge on any atom is -0.325 e. The number of benzene rings is 1. The third-order valence-electron chi connectivity index (χ3n) is 4.12. The van der Waals surface area contributed by atoms with Gasteiger partial charge in [0.25, 0.3) is 0 Å². The van der Waals surface area contributed by atoms with E-state index >= 15 is 0 Å². The Bertz CT molecular complexity index is 800. The molecular weight excluding hydrogens is 374 g/mol. The van der Waals surface area contributed by atoms with E-state index in [4.69, 9.17) is 16.9 Å². The monoisotopic (exact) mass is 397 g/mol. The Morgan fingerprint density at radius 3 is 2.43 bits per heavy atom. The molecule has 0 aliphatic rings. The molecule has 1 aromatic carbocycles.